The van der Waals surface area contributed by atoms with E-state index in [1.54, 1.807) is 11.3 Å². The average molecular weight is 319 g/mol. The van der Waals surface area contributed by atoms with E-state index in [1.165, 1.54) is 16.2 Å². The molecule has 2 aromatic heterocycles. The van der Waals surface area contributed by atoms with E-state index in [2.05, 4.69) is 0 Å². The summed E-state index contributed by atoms with van der Waals surface area (Å²) in [6.07, 6.45) is 3.75. The van der Waals surface area contributed by atoms with Crippen LogP contribution in [-0.4, -0.2) is 18.2 Å². The monoisotopic (exact) mass is 319 g/mol. The second-order valence-corrected chi connectivity index (χ2v) is 7.08. The molecule has 21 heavy (non-hydrogen) atoms. The molecule has 3 nitrogen and oxygen atoms in total. The number of hydrogen-bond donors (Lipinski definition) is 0. The largest absolute Gasteiger partial charge is 0.311 e. The molecule has 0 aliphatic carbocycles. The maximum absolute atomic E-state index is 12.2. The standard InChI is InChI=1S/C16H17NO2S2/c18-13(15-6-3-10-20-15)4-2-9-17-12-8-11-21-14(12)5-1-7-16(17)19/h3,6,8,10-11H,1-2,4-5,7,9H2. The van der Waals surface area contributed by atoms with E-state index < -0.39 is 0 Å². The Balaban J connectivity index is 1.62. The molecular formula is C16H17NO2S2. The molecule has 0 spiro atoms. The van der Waals surface area contributed by atoms with Crippen molar-refractivity contribution in [3.8, 4) is 0 Å². The van der Waals surface area contributed by atoms with Gasteiger partial charge in [0.2, 0.25) is 5.91 Å². The summed E-state index contributed by atoms with van der Waals surface area (Å²) in [7, 11) is 0. The summed E-state index contributed by atoms with van der Waals surface area (Å²) >= 11 is 3.21. The van der Waals surface area contributed by atoms with Gasteiger partial charge in [-0.25, -0.2) is 0 Å². The summed E-state index contributed by atoms with van der Waals surface area (Å²) < 4.78 is 0. The molecule has 0 aromatic carbocycles. The van der Waals surface area contributed by atoms with Gasteiger partial charge in [-0.05, 0) is 42.2 Å². The molecule has 1 aliphatic heterocycles. The van der Waals surface area contributed by atoms with Crippen LogP contribution in [0.15, 0.2) is 29.0 Å². The first-order valence-corrected chi connectivity index (χ1v) is 8.95. The zero-order valence-electron chi connectivity index (χ0n) is 11.7. The van der Waals surface area contributed by atoms with Gasteiger partial charge in [0, 0.05) is 24.3 Å². The Morgan fingerprint density at radius 1 is 1.19 bits per heavy atom. The summed E-state index contributed by atoms with van der Waals surface area (Å²) in [6.45, 7) is 0.639. The molecule has 0 unspecified atom stereocenters. The lowest BCUT2D eigenvalue weighted by Gasteiger charge is -2.20. The van der Waals surface area contributed by atoms with Crippen molar-refractivity contribution in [3.05, 3.63) is 38.7 Å². The smallest absolute Gasteiger partial charge is 0.227 e. The quantitative estimate of drug-likeness (QED) is 0.777. The number of carbonyl (C=O) groups is 2. The fraction of sp³-hybridized carbons (Fsp3) is 0.375. The van der Waals surface area contributed by atoms with Gasteiger partial charge < -0.3 is 4.90 Å². The summed E-state index contributed by atoms with van der Waals surface area (Å²) in [5, 5.41) is 3.97. The van der Waals surface area contributed by atoms with Crippen LogP contribution in [0.3, 0.4) is 0 Å². The van der Waals surface area contributed by atoms with Crippen molar-refractivity contribution in [2.75, 3.05) is 11.4 Å². The number of amides is 1. The van der Waals surface area contributed by atoms with Crippen LogP contribution in [-0.2, 0) is 11.2 Å². The topological polar surface area (TPSA) is 37.4 Å². The van der Waals surface area contributed by atoms with Crippen LogP contribution in [0, 0.1) is 0 Å². The summed E-state index contributed by atoms with van der Waals surface area (Å²) in [6, 6.07) is 5.79. The van der Waals surface area contributed by atoms with E-state index in [1.807, 2.05) is 33.9 Å². The van der Waals surface area contributed by atoms with Crippen LogP contribution in [0.1, 0.15) is 40.2 Å². The molecule has 3 rings (SSSR count). The molecule has 0 radical (unpaired) electrons. The number of ketones is 1. The predicted octanol–water partition coefficient (Wildman–Crippen LogP) is 4.14. The summed E-state index contributed by atoms with van der Waals surface area (Å²) in [4.78, 5) is 28.2. The van der Waals surface area contributed by atoms with Crippen molar-refractivity contribution < 1.29 is 9.59 Å². The van der Waals surface area contributed by atoms with Crippen LogP contribution in [0.4, 0.5) is 5.69 Å². The van der Waals surface area contributed by atoms with Gasteiger partial charge in [-0.15, -0.1) is 22.7 Å². The van der Waals surface area contributed by atoms with Crippen LogP contribution >= 0.6 is 22.7 Å². The van der Waals surface area contributed by atoms with Crippen LogP contribution in [0.5, 0.6) is 0 Å². The number of nitrogens with zero attached hydrogens (tertiary/aromatic N) is 1. The van der Waals surface area contributed by atoms with Gasteiger partial charge in [0.05, 0.1) is 10.6 Å². The number of fused-ring (bicyclic) bond motifs is 1. The van der Waals surface area contributed by atoms with Crippen molar-refractivity contribution >= 4 is 40.1 Å². The predicted molar refractivity (Wildman–Crippen MR) is 87.5 cm³/mol. The molecule has 0 N–H and O–H groups in total. The van der Waals surface area contributed by atoms with Gasteiger partial charge in [0.15, 0.2) is 5.78 Å². The molecule has 1 amide bonds. The molecule has 3 heterocycles. The lowest BCUT2D eigenvalue weighted by molar-refractivity contribution is -0.118. The van der Waals surface area contributed by atoms with E-state index in [4.69, 9.17) is 0 Å². The third kappa shape index (κ3) is 3.24. The van der Waals surface area contributed by atoms with E-state index in [0.717, 1.165) is 29.8 Å². The molecule has 5 heteroatoms. The van der Waals surface area contributed by atoms with Crippen LogP contribution < -0.4 is 4.90 Å². The Labute approximate surface area is 132 Å². The number of hydrogen-bond acceptors (Lipinski definition) is 4. The highest BCUT2D eigenvalue weighted by Gasteiger charge is 2.22. The molecule has 0 atom stereocenters. The summed E-state index contributed by atoms with van der Waals surface area (Å²) in [5.41, 5.74) is 1.06. The van der Waals surface area contributed by atoms with Crippen molar-refractivity contribution in [2.24, 2.45) is 0 Å². The molecule has 2 aromatic rings. The highest BCUT2D eigenvalue weighted by Crippen LogP contribution is 2.31. The highest BCUT2D eigenvalue weighted by molar-refractivity contribution is 7.12. The second-order valence-electron chi connectivity index (χ2n) is 5.13. The fourth-order valence-corrected chi connectivity index (χ4v) is 4.25. The van der Waals surface area contributed by atoms with Gasteiger partial charge in [0.25, 0.3) is 0 Å². The average Bonchev–Trinajstić information content (AvgIpc) is 3.13. The number of rotatable bonds is 5. The number of aryl methyl sites for hydroxylation is 1. The van der Waals surface area contributed by atoms with E-state index >= 15 is 0 Å². The van der Waals surface area contributed by atoms with E-state index in [-0.39, 0.29) is 11.7 Å². The van der Waals surface area contributed by atoms with E-state index in [9.17, 15) is 9.59 Å². The second kappa shape index (κ2) is 6.54. The number of thiophene rings is 2. The van der Waals surface area contributed by atoms with Crippen molar-refractivity contribution in [2.45, 2.75) is 32.1 Å². The van der Waals surface area contributed by atoms with Gasteiger partial charge in [0.1, 0.15) is 0 Å². The molecule has 0 bridgehead atoms. The van der Waals surface area contributed by atoms with Crippen molar-refractivity contribution in [1.82, 2.24) is 0 Å². The maximum atomic E-state index is 12.2. The molecule has 0 saturated heterocycles. The highest BCUT2D eigenvalue weighted by atomic mass is 32.1. The first kappa shape index (κ1) is 14.5. The Morgan fingerprint density at radius 2 is 2.10 bits per heavy atom. The fourth-order valence-electron chi connectivity index (χ4n) is 2.63. The van der Waals surface area contributed by atoms with Crippen molar-refractivity contribution in [3.63, 3.8) is 0 Å². The Kier molecular flexibility index (Phi) is 4.51. The number of Topliss-reactive ketones (excluding diaryl/α,β-unsaturated/α-hetero) is 1. The Bertz CT molecular complexity index is 631. The molecule has 0 saturated carbocycles. The van der Waals surface area contributed by atoms with Crippen LogP contribution in [0.25, 0.3) is 0 Å². The van der Waals surface area contributed by atoms with Gasteiger partial charge in [-0.1, -0.05) is 6.07 Å². The normalized spacial score (nSPS) is 14.9. The first-order chi connectivity index (χ1) is 10.3. The van der Waals surface area contributed by atoms with Gasteiger partial charge in [-0.3, -0.25) is 9.59 Å². The maximum Gasteiger partial charge on any atom is 0.227 e. The minimum absolute atomic E-state index is 0.179. The molecular weight excluding hydrogens is 302 g/mol. The third-order valence-electron chi connectivity index (χ3n) is 3.69. The zero-order valence-corrected chi connectivity index (χ0v) is 13.3. The molecule has 0 fully saturated rings. The first-order valence-electron chi connectivity index (χ1n) is 7.19. The third-order valence-corrected chi connectivity index (χ3v) is 5.57. The van der Waals surface area contributed by atoms with Crippen LogP contribution in [0.2, 0.25) is 0 Å². The molecule has 110 valence electrons. The molecule has 1 aliphatic rings. The minimum Gasteiger partial charge on any atom is -0.311 e. The minimum atomic E-state index is 0.179. The van der Waals surface area contributed by atoms with Gasteiger partial charge >= 0.3 is 0 Å². The number of carbonyl (C=O) groups excluding carboxylic acids is 2. The van der Waals surface area contributed by atoms with Crippen molar-refractivity contribution in [1.29, 1.82) is 0 Å². The van der Waals surface area contributed by atoms with Gasteiger partial charge in [-0.2, -0.15) is 0 Å². The Hall–Kier alpha value is -1.46. The lowest BCUT2D eigenvalue weighted by atomic mass is 10.2. The summed E-state index contributed by atoms with van der Waals surface area (Å²) in [5.74, 6) is 0.369. The van der Waals surface area contributed by atoms with E-state index in [0.29, 0.717) is 19.4 Å². The Morgan fingerprint density at radius 3 is 2.90 bits per heavy atom. The SMILES string of the molecule is O=C(CCCN1C(=O)CCCc2sccc21)c1cccs1. The zero-order chi connectivity index (χ0) is 14.7. The number of anilines is 1. The lowest BCUT2D eigenvalue weighted by Crippen LogP contribution is -2.31.